The van der Waals surface area contributed by atoms with Crippen molar-refractivity contribution in [3.8, 4) is 0 Å². The molecule has 0 aliphatic carbocycles. The van der Waals surface area contributed by atoms with E-state index in [2.05, 4.69) is 5.32 Å². The van der Waals surface area contributed by atoms with Crippen molar-refractivity contribution in [2.24, 2.45) is 5.41 Å². The van der Waals surface area contributed by atoms with Crippen molar-refractivity contribution >= 4 is 11.9 Å². The van der Waals surface area contributed by atoms with Crippen LogP contribution in [0.25, 0.3) is 0 Å². The largest absolute Gasteiger partial charge is 0.480 e. The Hall–Kier alpha value is -1.10. The summed E-state index contributed by atoms with van der Waals surface area (Å²) in [5.41, 5.74) is -0.669. The number of carboxylic acid groups (broad SMARTS) is 1. The number of aliphatic carboxylic acids is 1. The monoisotopic (exact) mass is 201 g/mol. The topological polar surface area (TPSA) is 75.6 Å². The van der Waals surface area contributed by atoms with Crippen LogP contribution in [0.4, 0.5) is 0 Å². The molecule has 3 atom stereocenters. The fourth-order valence-electron chi connectivity index (χ4n) is 1.82. The quantitative estimate of drug-likeness (QED) is 0.674. The van der Waals surface area contributed by atoms with Crippen LogP contribution in [0.5, 0.6) is 0 Å². The summed E-state index contributed by atoms with van der Waals surface area (Å²) in [6.45, 7) is 3.52. The van der Waals surface area contributed by atoms with Gasteiger partial charge in [0.1, 0.15) is 6.04 Å². The highest BCUT2D eigenvalue weighted by Gasteiger charge is 2.50. The van der Waals surface area contributed by atoms with E-state index in [1.54, 1.807) is 13.8 Å². The molecule has 0 aromatic heterocycles. The van der Waals surface area contributed by atoms with Crippen LogP contribution in [0.15, 0.2) is 0 Å². The van der Waals surface area contributed by atoms with E-state index < -0.39 is 17.4 Å². The van der Waals surface area contributed by atoms with Crippen LogP contribution in [0.3, 0.4) is 0 Å². The van der Waals surface area contributed by atoms with Crippen LogP contribution in [0, 0.1) is 5.41 Å². The number of ether oxygens (including phenoxy) is 1. The average Bonchev–Trinajstić information content (AvgIpc) is 2.41. The lowest BCUT2D eigenvalue weighted by Crippen LogP contribution is -2.47. The van der Waals surface area contributed by atoms with Crippen molar-refractivity contribution in [1.82, 2.24) is 5.32 Å². The lowest BCUT2D eigenvalue weighted by Gasteiger charge is -2.32. The Labute approximate surface area is 82.4 Å². The van der Waals surface area contributed by atoms with E-state index in [0.717, 1.165) is 0 Å². The Morgan fingerprint density at radius 3 is 2.79 bits per heavy atom. The number of carboxylic acids is 1. The van der Waals surface area contributed by atoms with Gasteiger partial charge in [-0.05, 0) is 6.92 Å². The summed E-state index contributed by atoms with van der Waals surface area (Å²) in [4.78, 5) is 22.1. The second kappa shape index (κ2) is 3.57. The van der Waals surface area contributed by atoms with Gasteiger partial charge in [-0.1, -0.05) is 6.92 Å². The lowest BCUT2D eigenvalue weighted by atomic mass is 9.78. The second-order valence-corrected chi connectivity index (χ2v) is 3.90. The highest BCUT2D eigenvalue weighted by atomic mass is 16.5. The van der Waals surface area contributed by atoms with Crippen LogP contribution >= 0.6 is 0 Å². The average molecular weight is 201 g/mol. The SMILES string of the molecule is COC(C)C1(C)CC(=O)NC1C(=O)O. The maximum absolute atomic E-state index is 11.2. The molecule has 1 saturated heterocycles. The van der Waals surface area contributed by atoms with Gasteiger partial charge < -0.3 is 15.2 Å². The van der Waals surface area contributed by atoms with Crippen LogP contribution in [0.1, 0.15) is 20.3 Å². The predicted octanol–water partition coefficient (Wildman–Crippen LogP) is 0.000700. The molecule has 3 unspecified atom stereocenters. The Kier molecular flexibility index (Phi) is 2.80. The smallest absolute Gasteiger partial charge is 0.326 e. The fourth-order valence-corrected chi connectivity index (χ4v) is 1.82. The van der Waals surface area contributed by atoms with Gasteiger partial charge in [-0.25, -0.2) is 4.79 Å². The summed E-state index contributed by atoms with van der Waals surface area (Å²) in [5, 5.41) is 11.4. The highest BCUT2D eigenvalue weighted by molar-refractivity contribution is 5.89. The Bertz CT molecular complexity index is 266. The van der Waals surface area contributed by atoms with Gasteiger partial charge in [0.15, 0.2) is 0 Å². The van der Waals surface area contributed by atoms with Gasteiger partial charge in [0, 0.05) is 18.9 Å². The molecule has 1 rings (SSSR count). The number of amides is 1. The summed E-state index contributed by atoms with van der Waals surface area (Å²) in [5.74, 6) is -1.24. The summed E-state index contributed by atoms with van der Waals surface area (Å²) >= 11 is 0. The van der Waals surface area contributed by atoms with Crippen LogP contribution < -0.4 is 5.32 Å². The number of rotatable bonds is 3. The van der Waals surface area contributed by atoms with Gasteiger partial charge in [-0.2, -0.15) is 0 Å². The number of nitrogens with one attached hydrogen (secondary N) is 1. The molecule has 5 heteroatoms. The van der Waals surface area contributed by atoms with E-state index >= 15 is 0 Å². The van der Waals surface area contributed by atoms with Crippen molar-refractivity contribution in [1.29, 1.82) is 0 Å². The van der Waals surface area contributed by atoms with Crippen LogP contribution in [0.2, 0.25) is 0 Å². The van der Waals surface area contributed by atoms with E-state index in [9.17, 15) is 9.59 Å². The van der Waals surface area contributed by atoms with Crippen molar-refractivity contribution < 1.29 is 19.4 Å². The minimum absolute atomic E-state index is 0.193. The molecule has 0 bridgehead atoms. The first-order valence-electron chi connectivity index (χ1n) is 4.46. The minimum atomic E-state index is -1.01. The molecule has 14 heavy (non-hydrogen) atoms. The molecule has 1 heterocycles. The van der Waals surface area contributed by atoms with Gasteiger partial charge in [0.05, 0.1) is 6.10 Å². The van der Waals surface area contributed by atoms with Gasteiger partial charge >= 0.3 is 5.97 Å². The fraction of sp³-hybridized carbons (Fsp3) is 0.778. The molecule has 5 nitrogen and oxygen atoms in total. The molecule has 80 valence electrons. The van der Waals surface area contributed by atoms with Crippen molar-refractivity contribution in [2.75, 3.05) is 7.11 Å². The number of methoxy groups -OCH3 is 1. The van der Waals surface area contributed by atoms with Gasteiger partial charge in [-0.15, -0.1) is 0 Å². The molecule has 1 fully saturated rings. The maximum Gasteiger partial charge on any atom is 0.326 e. The molecule has 0 spiro atoms. The minimum Gasteiger partial charge on any atom is -0.480 e. The molecule has 1 aliphatic heterocycles. The number of carbonyl (C=O) groups is 2. The number of hydrogen-bond donors (Lipinski definition) is 2. The van der Waals surface area contributed by atoms with Crippen molar-refractivity contribution in [3.63, 3.8) is 0 Å². The Morgan fingerprint density at radius 1 is 1.79 bits per heavy atom. The third-order valence-electron chi connectivity index (χ3n) is 3.04. The molecule has 0 radical (unpaired) electrons. The Balaban J connectivity index is 2.94. The predicted molar refractivity (Wildman–Crippen MR) is 48.8 cm³/mol. The van der Waals surface area contributed by atoms with Crippen LogP contribution in [-0.4, -0.2) is 36.2 Å². The zero-order valence-electron chi connectivity index (χ0n) is 8.53. The van der Waals surface area contributed by atoms with E-state index in [4.69, 9.17) is 9.84 Å². The van der Waals surface area contributed by atoms with Crippen molar-refractivity contribution in [3.05, 3.63) is 0 Å². The normalized spacial score (nSPS) is 33.9. The zero-order chi connectivity index (χ0) is 10.9. The molecule has 0 aromatic rings. The molecule has 0 aromatic carbocycles. The summed E-state index contributed by atoms with van der Waals surface area (Å²) in [6, 6.07) is -0.857. The molecule has 1 aliphatic rings. The summed E-state index contributed by atoms with van der Waals surface area (Å²) in [7, 11) is 1.51. The van der Waals surface area contributed by atoms with Crippen molar-refractivity contribution in [2.45, 2.75) is 32.4 Å². The third kappa shape index (κ3) is 1.59. The van der Waals surface area contributed by atoms with Gasteiger partial charge in [0.25, 0.3) is 0 Å². The molecule has 1 amide bonds. The number of hydrogen-bond acceptors (Lipinski definition) is 3. The third-order valence-corrected chi connectivity index (χ3v) is 3.04. The standard InChI is InChI=1S/C9H15NO4/c1-5(14-3)9(2)4-6(11)10-7(9)8(12)13/h5,7H,4H2,1-3H3,(H,10,11)(H,12,13). The first-order chi connectivity index (χ1) is 6.41. The summed E-state index contributed by atoms with van der Waals surface area (Å²) < 4.78 is 5.11. The van der Waals surface area contributed by atoms with Crippen LogP contribution in [-0.2, 0) is 14.3 Å². The molecular formula is C9H15NO4. The second-order valence-electron chi connectivity index (χ2n) is 3.90. The molecule has 0 saturated carbocycles. The highest BCUT2D eigenvalue weighted by Crippen LogP contribution is 2.36. The summed E-state index contributed by atoms with van der Waals surface area (Å²) in [6.07, 6.45) is -0.0820. The Morgan fingerprint density at radius 2 is 2.36 bits per heavy atom. The lowest BCUT2D eigenvalue weighted by molar-refractivity contribution is -0.144. The van der Waals surface area contributed by atoms with E-state index in [0.29, 0.717) is 0 Å². The molecule has 2 N–H and O–H groups in total. The van der Waals surface area contributed by atoms with E-state index in [-0.39, 0.29) is 18.4 Å². The van der Waals surface area contributed by atoms with E-state index in [1.165, 1.54) is 7.11 Å². The molecular weight excluding hydrogens is 186 g/mol. The van der Waals surface area contributed by atoms with Gasteiger partial charge in [0.2, 0.25) is 5.91 Å². The van der Waals surface area contributed by atoms with Gasteiger partial charge in [-0.3, -0.25) is 4.79 Å². The first-order valence-corrected chi connectivity index (χ1v) is 4.46. The first kappa shape index (κ1) is 11.0. The zero-order valence-corrected chi connectivity index (χ0v) is 8.53. The number of carbonyl (C=O) groups excluding carboxylic acids is 1. The van der Waals surface area contributed by atoms with E-state index in [1.807, 2.05) is 0 Å². The maximum atomic E-state index is 11.2.